The minimum atomic E-state index is -0.694. The Balaban J connectivity index is 1.62. The van der Waals surface area contributed by atoms with E-state index in [4.69, 9.17) is 22.1 Å². The number of halogens is 1. The second kappa shape index (κ2) is 8.47. The van der Waals surface area contributed by atoms with Gasteiger partial charge in [0.05, 0.1) is 16.7 Å². The molecule has 1 amide bonds. The summed E-state index contributed by atoms with van der Waals surface area (Å²) in [7, 11) is 0. The van der Waals surface area contributed by atoms with Crippen molar-refractivity contribution in [1.29, 1.82) is 0 Å². The molecule has 0 aliphatic rings. The fraction of sp³-hybridized carbons (Fsp3) is 0. The van der Waals surface area contributed by atoms with Crippen molar-refractivity contribution >= 4 is 39.9 Å². The number of nitrogens with one attached hydrogen (secondary N) is 1. The quantitative estimate of drug-likeness (QED) is 0.487. The number of aromatic nitrogens is 3. The van der Waals surface area contributed by atoms with Crippen LogP contribution in [-0.2, 0) is 4.79 Å². The van der Waals surface area contributed by atoms with E-state index in [1.165, 1.54) is 6.33 Å². The van der Waals surface area contributed by atoms with E-state index in [0.29, 0.717) is 33.6 Å². The van der Waals surface area contributed by atoms with Crippen LogP contribution in [0, 0.1) is 11.8 Å². The lowest BCUT2D eigenvalue weighted by atomic mass is 10.1. The van der Waals surface area contributed by atoms with Crippen LogP contribution < -0.4 is 15.8 Å². The van der Waals surface area contributed by atoms with Crippen molar-refractivity contribution in [3.63, 3.8) is 0 Å². The zero-order chi connectivity index (χ0) is 20.9. The first-order valence-corrected chi connectivity index (χ1v) is 9.17. The molecule has 0 atom stereocenters. The van der Waals surface area contributed by atoms with Crippen LogP contribution in [0.25, 0.3) is 10.9 Å². The summed E-state index contributed by atoms with van der Waals surface area (Å²) in [6.45, 7) is 0. The summed E-state index contributed by atoms with van der Waals surface area (Å²) in [6.07, 6.45) is 4.73. The highest BCUT2D eigenvalue weighted by atomic mass is 35.5. The van der Waals surface area contributed by atoms with Gasteiger partial charge in [0.1, 0.15) is 23.6 Å². The van der Waals surface area contributed by atoms with Crippen molar-refractivity contribution < 1.29 is 9.53 Å². The van der Waals surface area contributed by atoms with E-state index < -0.39 is 5.91 Å². The maximum absolute atomic E-state index is 10.9. The number of hydrogen-bond donors (Lipinski definition) is 2. The van der Waals surface area contributed by atoms with Gasteiger partial charge in [0.2, 0.25) is 0 Å². The minimum Gasteiger partial charge on any atom is -0.454 e. The fourth-order valence-electron chi connectivity index (χ4n) is 2.70. The molecular formula is C22H14ClN5O2. The van der Waals surface area contributed by atoms with Gasteiger partial charge >= 0.3 is 0 Å². The smallest absolute Gasteiger partial charge is 0.293 e. The monoisotopic (exact) mass is 415 g/mol. The summed E-state index contributed by atoms with van der Waals surface area (Å²) in [5, 5.41) is 4.39. The average molecular weight is 416 g/mol. The van der Waals surface area contributed by atoms with E-state index in [1.54, 1.807) is 54.9 Å². The standard InChI is InChI=1S/C22H14ClN5O2/c23-18-11-15(5-7-20(18)30-16-2-1-9-25-12-16)28-22-17-10-14(4-8-21(24)29)3-6-19(17)26-13-27-22/h1-3,5-7,9-13H,(H2,24,29)(H,26,27,28). The van der Waals surface area contributed by atoms with E-state index in [-0.39, 0.29) is 0 Å². The van der Waals surface area contributed by atoms with Gasteiger partial charge in [-0.25, -0.2) is 9.97 Å². The highest BCUT2D eigenvalue weighted by Crippen LogP contribution is 2.33. The fourth-order valence-corrected chi connectivity index (χ4v) is 2.92. The molecule has 2 aromatic heterocycles. The SMILES string of the molecule is NC(=O)C#Cc1ccc2ncnc(Nc3ccc(Oc4cccnc4)c(Cl)c3)c2c1. The second-order valence-corrected chi connectivity index (χ2v) is 6.54. The number of amides is 1. The van der Waals surface area contributed by atoms with Crippen LogP contribution in [0.2, 0.25) is 5.02 Å². The van der Waals surface area contributed by atoms with Crippen LogP contribution in [0.5, 0.6) is 11.5 Å². The van der Waals surface area contributed by atoms with Gasteiger partial charge in [0.25, 0.3) is 5.91 Å². The lowest BCUT2D eigenvalue weighted by Gasteiger charge is -2.11. The number of hydrogen-bond acceptors (Lipinski definition) is 6. The van der Waals surface area contributed by atoms with E-state index in [0.717, 1.165) is 10.9 Å². The van der Waals surface area contributed by atoms with Crippen LogP contribution in [0.15, 0.2) is 67.3 Å². The normalized spacial score (nSPS) is 10.2. The summed E-state index contributed by atoms with van der Waals surface area (Å²) >= 11 is 6.38. The van der Waals surface area contributed by atoms with E-state index in [1.807, 2.05) is 6.07 Å². The lowest BCUT2D eigenvalue weighted by Crippen LogP contribution is -2.06. The van der Waals surface area contributed by atoms with Gasteiger partial charge in [-0.1, -0.05) is 17.5 Å². The molecule has 8 heteroatoms. The third-order valence-electron chi connectivity index (χ3n) is 4.02. The Morgan fingerprint density at radius 2 is 2.03 bits per heavy atom. The van der Waals surface area contributed by atoms with Crippen LogP contribution in [-0.4, -0.2) is 20.9 Å². The van der Waals surface area contributed by atoms with Crippen LogP contribution in [0.4, 0.5) is 11.5 Å². The maximum atomic E-state index is 10.9. The number of anilines is 2. The van der Waals surface area contributed by atoms with Gasteiger partial charge in [0, 0.05) is 22.8 Å². The summed E-state index contributed by atoms with van der Waals surface area (Å²) in [6, 6.07) is 14.2. The number of nitrogens with two attached hydrogens (primary N) is 1. The molecule has 0 saturated heterocycles. The molecule has 0 spiro atoms. The molecule has 30 heavy (non-hydrogen) atoms. The molecule has 7 nitrogen and oxygen atoms in total. The number of benzene rings is 2. The molecule has 0 radical (unpaired) electrons. The Labute approximate surface area is 176 Å². The Kier molecular flexibility index (Phi) is 5.42. The van der Waals surface area contributed by atoms with Crippen LogP contribution in [0.3, 0.4) is 0 Å². The zero-order valence-electron chi connectivity index (χ0n) is 15.5. The van der Waals surface area contributed by atoms with Gasteiger partial charge < -0.3 is 15.8 Å². The number of pyridine rings is 1. The number of fused-ring (bicyclic) bond motifs is 1. The van der Waals surface area contributed by atoms with Crippen LogP contribution >= 0.6 is 11.6 Å². The van der Waals surface area contributed by atoms with Crippen molar-refractivity contribution in [1.82, 2.24) is 15.0 Å². The average Bonchev–Trinajstić information content (AvgIpc) is 2.75. The molecule has 0 bridgehead atoms. The van der Waals surface area contributed by atoms with Crippen molar-refractivity contribution in [3.05, 3.63) is 77.8 Å². The van der Waals surface area contributed by atoms with Gasteiger partial charge in [0.15, 0.2) is 0 Å². The maximum Gasteiger partial charge on any atom is 0.293 e. The molecule has 4 aromatic rings. The predicted molar refractivity (Wildman–Crippen MR) is 115 cm³/mol. The summed E-state index contributed by atoms with van der Waals surface area (Å²) < 4.78 is 5.75. The largest absolute Gasteiger partial charge is 0.454 e. The van der Waals surface area contributed by atoms with Crippen molar-refractivity contribution in [2.75, 3.05) is 5.32 Å². The molecule has 0 unspecified atom stereocenters. The Morgan fingerprint density at radius 3 is 2.80 bits per heavy atom. The highest BCUT2D eigenvalue weighted by Gasteiger charge is 2.08. The molecule has 2 heterocycles. The topological polar surface area (TPSA) is 103 Å². The first kappa shape index (κ1) is 19.2. The summed E-state index contributed by atoms with van der Waals surface area (Å²) in [5.74, 6) is 6.01. The molecular weight excluding hydrogens is 402 g/mol. The molecule has 0 aliphatic heterocycles. The molecule has 2 aromatic carbocycles. The third-order valence-corrected chi connectivity index (χ3v) is 4.32. The number of nitrogens with zero attached hydrogens (tertiary/aromatic N) is 3. The zero-order valence-corrected chi connectivity index (χ0v) is 16.2. The molecule has 146 valence electrons. The summed E-state index contributed by atoms with van der Waals surface area (Å²) in [4.78, 5) is 23.5. The number of primary amides is 1. The Hall–Kier alpha value is -4.15. The first-order chi connectivity index (χ1) is 14.6. The van der Waals surface area contributed by atoms with Gasteiger partial charge in [-0.3, -0.25) is 9.78 Å². The molecule has 4 rings (SSSR count). The third kappa shape index (κ3) is 4.46. The number of rotatable bonds is 4. The van der Waals surface area contributed by atoms with Gasteiger partial charge in [-0.2, -0.15) is 0 Å². The van der Waals surface area contributed by atoms with Crippen LogP contribution in [0.1, 0.15) is 5.56 Å². The van der Waals surface area contributed by atoms with Crippen molar-refractivity contribution in [3.8, 4) is 23.3 Å². The highest BCUT2D eigenvalue weighted by molar-refractivity contribution is 6.32. The predicted octanol–water partition coefficient (Wildman–Crippen LogP) is 4.05. The Bertz CT molecular complexity index is 1300. The van der Waals surface area contributed by atoms with Crippen molar-refractivity contribution in [2.45, 2.75) is 0 Å². The Morgan fingerprint density at radius 1 is 1.13 bits per heavy atom. The molecule has 0 saturated carbocycles. The summed E-state index contributed by atoms with van der Waals surface area (Å²) in [5.41, 5.74) is 7.14. The number of carbonyl (C=O) groups excluding carboxylic acids is 1. The van der Waals surface area contributed by atoms with Gasteiger partial charge in [-0.15, -0.1) is 0 Å². The lowest BCUT2D eigenvalue weighted by molar-refractivity contribution is -0.112. The van der Waals surface area contributed by atoms with Crippen molar-refractivity contribution in [2.24, 2.45) is 5.73 Å². The van der Waals surface area contributed by atoms with E-state index >= 15 is 0 Å². The van der Waals surface area contributed by atoms with E-state index in [9.17, 15) is 4.79 Å². The minimum absolute atomic E-state index is 0.426. The number of ether oxygens (including phenoxy) is 1. The first-order valence-electron chi connectivity index (χ1n) is 8.79. The van der Waals surface area contributed by atoms with Gasteiger partial charge in [-0.05, 0) is 54.5 Å². The second-order valence-electron chi connectivity index (χ2n) is 6.13. The molecule has 0 fully saturated rings. The molecule has 0 aliphatic carbocycles. The molecule has 3 N–H and O–H groups in total. The van der Waals surface area contributed by atoms with E-state index in [2.05, 4.69) is 32.1 Å². The number of carbonyl (C=O) groups is 1.